The van der Waals surface area contributed by atoms with Crippen LogP contribution in [0, 0.1) is 41.4 Å². The van der Waals surface area contributed by atoms with Crippen molar-refractivity contribution in [1.82, 2.24) is 0 Å². The summed E-state index contributed by atoms with van der Waals surface area (Å²) in [5, 5.41) is 0. The van der Waals surface area contributed by atoms with Crippen molar-refractivity contribution in [2.75, 3.05) is 0 Å². The average molecular weight is 839 g/mol. The predicted molar refractivity (Wildman–Crippen MR) is 197 cm³/mol. The topological polar surface area (TPSA) is 134 Å². The number of hydrogen-bond donors (Lipinski definition) is 0. The summed E-state index contributed by atoms with van der Waals surface area (Å²) in [5.41, 5.74) is 0. The van der Waals surface area contributed by atoms with Gasteiger partial charge in [-0.05, 0) is 41.4 Å². The molecule has 8 bridgehead atoms. The maximum atomic E-state index is 15.5. The van der Waals surface area contributed by atoms with Crippen molar-refractivity contribution in [3.63, 3.8) is 0 Å². The van der Waals surface area contributed by atoms with Crippen LogP contribution in [-0.4, -0.2) is 70.7 Å². The molecular formula is C28H63LiO13Si8. The fourth-order valence-electron chi connectivity index (χ4n) is 7.58. The van der Waals surface area contributed by atoms with E-state index in [2.05, 4.69) is 96.9 Å². The van der Waals surface area contributed by atoms with E-state index in [-0.39, 0.29) is 60.3 Å². The fraction of sp³-hybridized carbons (Fsp3) is 1.00. The van der Waals surface area contributed by atoms with E-state index < -0.39 is 70.7 Å². The Kier molecular flexibility index (Phi) is 13.9. The Morgan fingerprint density at radius 3 is 0.520 bits per heavy atom. The van der Waals surface area contributed by atoms with Crippen LogP contribution in [0.3, 0.4) is 0 Å². The SMILES string of the molecule is CC(C)C[Si]12O[Si]3([O-])O[Si]4(CC(C)C)O[Si](CC(C)C)(O1)O[Si]1(CC(C)C)O[Si](CC(C)C)(O2)O[Si](CC(C)C)(O3)O[Si](CC(C)C)(O4)O1.[Li+]. The van der Waals surface area contributed by atoms with Gasteiger partial charge in [-0.1, -0.05) is 96.9 Å². The van der Waals surface area contributed by atoms with Gasteiger partial charge in [0.1, 0.15) is 0 Å². The van der Waals surface area contributed by atoms with Crippen LogP contribution in [0.25, 0.3) is 0 Å². The van der Waals surface area contributed by atoms with Gasteiger partial charge in [-0.3, -0.25) is 0 Å². The molecule has 6 fully saturated rings. The summed E-state index contributed by atoms with van der Waals surface area (Å²) in [6.07, 6.45) is 0. The second kappa shape index (κ2) is 15.6. The Bertz CT molecular complexity index is 1040. The summed E-state index contributed by atoms with van der Waals surface area (Å²) in [5.74, 6) is 0.383. The third-order valence-electron chi connectivity index (χ3n) is 8.25. The molecular weight excluding hydrogens is 776 g/mol. The fourth-order valence-corrected chi connectivity index (χ4v) is 56.2. The van der Waals surface area contributed by atoms with Gasteiger partial charge in [0.15, 0.2) is 0 Å². The van der Waals surface area contributed by atoms with Crippen LogP contribution in [0.1, 0.15) is 96.9 Å². The molecule has 13 nitrogen and oxygen atoms in total. The molecule has 0 aromatic carbocycles. The number of hydrogen-bond acceptors (Lipinski definition) is 13. The Morgan fingerprint density at radius 1 is 0.280 bits per heavy atom. The molecule has 6 rings (SSSR count). The molecule has 0 amide bonds. The predicted octanol–water partition coefficient (Wildman–Crippen LogP) is 3.22. The second-order valence-electron chi connectivity index (χ2n) is 17.7. The zero-order chi connectivity index (χ0) is 36.5. The monoisotopic (exact) mass is 838 g/mol. The molecule has 22 heteroatoms. The molecule has 0 N–H and O–H groups in total. The maximum absolute atomic E-state index is 15.5. The third-order valence-corrected chi connectivity index (χ3v) is 46.6. The summed E-state index contributed by atoms with van der Waals surface area (Å²) in [4.78, 5) is 15.5. The largest absolute Gasteiger partial charge is 1.00 e. The van der Waals surface area contributed by atoms with Crippen molar-refractivity contribution < 1.29 is 73.0 Å². The van der Waals surface area contributed by atoms with Gasteiger partial charge in [0.25, 0.3) is 0 Å². The first-order valence-corrected chi connectivity index (χ1v) is 33.7. The smallest absolute Gasteiger partial charge is 0.795 e. The van der Waals surface area contributed by atoms with Crippen LogP contribution >= 0.6 is 0 Å². The average Bonchev–Trinajstić information content (AvgIpc) is 2.74. The molecule has 0 aliphatic carbocycles. The van der Waals surface area contributed by atoms with E-state index in [0.717, 1.165) is 0 Å². The summed E-state index contributed by atoms with van der Waals surface area (Å²) in [6, 6.07) is 2.59. The molecule has 0 spiro atoms. The van der Waals surface area contributed by atoms with Gasteiger partial charge in [-0.25, -0.2) is 0 Å². The molecule has 6 saturated heterocycles. The number of rotatable bonds is 14. The molecule has 0 atom stereocenters. The van der Waals surface area contributed by atoms with Crippen LogP contribution < -0.4 is 23.7 Å². The molecule has 6 aliphatic rings. The van der Waals surface area contributed by atoms with E-state index in [1.165, 1.54) is 0 Å². The Labute approximate surface area is 322 Å². The van der Waals surface area contributed by atoms with Crippen LogP contribution in [0.4, 0.5) is 0 Å². The van der Waals surface area contributed by atoms with Crippen molar-refractivity contribution in [3.8, 4) is 0 Å². The summed E-state index contributed by atoms with van der Waals surface area (Å²) >= 11 is 0. The van der Waals surface area contributed by atoms with Gasteiger partial charge in [-0.2, -0.15) is 0 Å². The first-order valence-electron chi connectivity index (χ1n) is 18.5. The molecule has 286 valence electrons. The van der Waals surface area contributed by atoms with Crippen LogP contribution in [0.5, 0.6) is 0 Å². The van der Waals surface area contributed by atoms with E-state index in [1.807, 2.05) is 0 Å². The van der Waals surface area contributed by atoms with Crippen molar-refractivity contribution >= 4 is 70.7 Å². The van der Waals surface area contributed by atoms with Crippen molar-refractivity contribution in [2.45, 2.75) is 139 Å². The second-order valence-corrected chi connectivity index (χ2v) is 40.9. The van der Waals surface area contributed by atoms with Gasteiger partial charge in [0.2, 0.25) is 0 Å². The molecule has 6 heterocycles. The summed E-state index contributed by atoms with van der Waals surface area (Å²) < 4.78 is 87.7. The minimum atomic E-state index is -4.99. The Hall–Kier alpha value is 1.81. The first kappa shape index (κ1) is 44.5. The van der Waals surface area contributed by atoms with Gasteiger partial charge < -0.3 is 54.2 Å². The Balaban J connectivity index is 0.00000562. The minimum absolute atomic E-state index is 0. The van der Waals surface area contributed by atoms with Crippen LogP contribution in [0.15, 0.2) is 0 Å². The van der Waals surface area contributed by atoms with Crippen LogP contribution in [-0.2, 0) is 49.4 Å². The first-order chi connectivity index (χ1) is 22.4. The molecule has 0 saturated carbocycles. The summed E-state index contributed by atoms with van der Waals surface area (Å²) in [6.45, 7) is 29.2. The van der Waals surface area contributed by atoms with E-state index in [9.17, 15) is 0 Å². The maximum Gasteiger partial charge on any atom is 1.00 e. The van der Waals surface area contributed by atoms with Gasteiger partial charge in [0.05, 0.1) is 0 Å². The van der Waals surface area contributed by atoms with Crippen molar-refractivity contribution in [2.24, 2.45) is 41.4 Å². The molecule has 6 aliphatic heterocycles. The van der Waals surface area contributed by atoms with Gasteiger partial charge in [-0.15, -0.1) is 0 Å². The van der Waals surface area contributed by atoms with E-state index in [0.29, 0.717) is 42.3 Å². The molecule has 0 aromatic rings. The standard InChI is InChI=1S/C28H63O13Si8.Li/c1-22(2)15-42-30-43(16-23(3)4)33-46(19-26(9)10)35-44(31-42,17-24(5)6)37-48(21-28(13)14)38-45(32-42,18-25(7)8)36-47(34-43,20-27(11)12)40-49(29,39-46)41-48;/h22-28H,15-21H2,1-14H3;/q-1;+1. The Morgan fingerprint density at radius 2 is 0.400 bits per heavy atom. The van der Waals surface area contributed by atoms with Crippen molar-refractivity contribution in [3.05, 3.63) is 0 Å². The zero-order valence-corrected chi connectivity index (χ0v) is 41.3. The van der Waals surface area contributed by atoms with E-state index in [4.69, 9.17) is 49.4 Å². The van der Waals surface area contributed by atoms with Gasteiger partial charge in [0, 0.05) is 42.3 Å². The van der Waals surface area contributed by atoms with Crippen molar-refractivity contribution in [1.29, 1.82) is 0 Å². The summed E-state index contributed by atoms with van der Waals surface area (Å²) in [7, 11) is -33.0. The molecule has 0 radical (unpaired) electrons. The van der Waals surface area contributed by atoms with E-state index in [1.54, 1.807) is 0 Å². The molecule has 0 aromatic heterocycles. The normalized spacial score (nSPS) is 42.8. The zero-order valence-electron chi connectivity index (χ0n) is 33.3. The quantitative estimate of drug-likeness (QED) is 0.238. The van der Waals surface area contributed by atoms with Gasteiger partial charge >= 0.3 is 89.5 Å². The molecule has 50 heavy (non-hydrogen) atoms. The molecule has 0 unspecified atom stereocenters. The minimum Gasteiger partial charge on any atom is -0.795 e. The van der Waals surface area contributed by atoms with E-state index >= 15 is 4.80 Å². The third kappa shape index (κ3) is 10.0. The van der Waals surface area contributed by atoms with Crippen LogP contribution in [0.2, 0.25) is 42.3 Å².